The molecular formula is C18H36BN. The van der Waals surface area contributed by atoms with E-state index in [4.69, 9.17) is 0 Å². The fraction of sp³-hybridized carbons (Fsp3) is 0.889. The summed E-state index contributed by atoms with van der Waals surface area (Å²) in [4.78, 5) is 2.80. The molecule has 0 aliphatic heterocycles. The van der Waals surface area contributed by atoms with E-state index in [0.717, 1.165) is 12.8 Å². The SMILES string of the molecule is CCCCB(CCCC)N(CC(C)C)C1=CCCCC1. The first-order chi connectivity index (χ1) is 9.69. The number of unbranched alkanes of at least 4 members (excludes halogenated alkanes) is 2. The lowest BCUT2D eigenvalue weighted by Crippen LogP contribution is -2.41. The van der Waals surface area contributed by atoms with Crippen LogP contribution < -0.4 is 0 Å². The monoisotopic (exact) mass is 277 g/mol. The zero-order valence-electron chi connectivity index (χ0n) is 14.5. The molecule has 0 aromatic carbocycles. The molecule has 0 saturated carbocycles. The van der Waals surface area contributed by atoms with Crippen molar-refractivity contribution in [2.24, 2.45) is 5.92 Å². The van der Waals surface area contributed by atoms with Gasteiger partial charge in [0.05, 0.1) is 0 Å². The topological polar surface area (TPSA) is 3.24 Å². The Balaban J connectivity index is 2.75. The molecule has 0 unspecified atom stereocenters. The number of hydrogen-bond acceptors (Lipinski definition) is 1. The Kier molecular flexibility index (Phi) is 9.14. The third-order valence-electron chi connectivity index (χ3n) is 4.42. The van der Waals surface area contributed by atoms with Gasteiger partial charge in [-0.25, -0.2) is 0 Å². The molecule has 0 fully saturated rings. The first kappa shape index (κ1) is 17.7. The molecule has 0 spiro atoms. The second-order valence-corrected chi connectivity index (χ2v) is 6.93. The molecular weight excluding hydrogens is 241 g/mol. The van der Waals surface area contributed by atoms with Gasteiger partial charge in [0.2, 0.25) is 0 Å². The number of rotatable bonds is 10. The van der Waals surface area contributed by atoms with E-state index in [1.165, 1.54) is 70.6 Å². The Morgan fingerprint density at radius 1 is 1.10 bits per heavy atom. The fourth-order valence-electron chi connectivity index (χ4n) is 3.31. The van der Waals surface area contributed by atoms with E-state index in [0.29, 0.717) is 0 Å². The van der Waals surface area contributed by atoms with Gasteiger partial charge >= 0.3 is 0 Å². The molecule has 1 nitrogen and oxygen atoms in total. The van der Waals surface area contributed by atoms with Gasteiger partial charge in [0.15, 0.2) is 0 Å². The summed E-state index contributed by atoms with van der Waals surface area (Å²) in [6.07, 6.45) is 16.2. The van der Waals surface area contributed by atoms with Gasteiger partial charge in [-0.2, -0.15) is 0 Å². The molecule has 0 radical (unpaired) electrons. The van der Waals surface area contributed by atoms with Crippen LogP contribution in [0.1, 0.15) is 79.1 Å². The lowest BCUT2D eigenvalue weighted by atomic mass is 9.52. The molecule has 0 atom stereocenters. The summed E-state index contributed by atoms with van der Waals surface area (Å²) in [5.41, 5.74) is 1.67. The maximum absolute atomic E-state index is 2.80. The summed E-state index contributed by atoms with van der Waals surface area (Å²) in [6, 6.07) is 0. The molecule has 0 bridgehead atoms. The molecule has 116 valence electrons. The molecule has 20 heavy (non-hydrogen) atoms. The van der Waals surface area contributed by atoms with E-state index in [2.05, 4.69) is 38.6 Å². The van der Waals surface area contributed by atoms with Crippen LogP contribution in [-0.2, 0) is 0 Å². The van der Waals surface area contributed by atoms with E-state index >= 15 is 0 Å². The molecule has 0 N–H and O–H groups in total. The van der Waals surface area contributed by atoms with Gasteiger partial charge in [0.1, 0.15) is 0 Å². The zero-order valence-corrected chi connectivity index (χ0v) is 14.5. The van der Waals surface area contributed by atoms with Crippen LogP contribution in [0.25, 0.3) is 0 Å². The highest BCUT2D eigenvalue weighted by atomic mass is 15.1. The predicted molar refractivity (Wildman–Crippen MR) is 93.3 cm³/mol. The summed E-state index contributed by atoms with van der Waals surface area (Å²) < 4.78 is 0. The third-order valence-corrected chi connectivity index (χ3v) is 4.42. The van der Waals surface area contributed by atoms with Crippen molar-refractivity contribution in [3.05, 3.63) is 11.8 Å². The normalized spacial score (nSPS) is 15.3. The number of nitrogens with zero attached hydrogens (tertiary/aromatic N) is 1. The van der Waals surface area contributed by atoms with Gasteiger partial charge in [-0.3, -0.25) is 0 Å². The van der Waals surface area contributed by atoms with E-state index < -0.39 is 0 Å². The molecule has 0 heterocycles. The molecule has 2 heteroatoms. The number of allylic oxidation sites excluding steroid dienone is 2. The van der Waals surface area contributed by atoms with E-state index in [9.17, 15) is 0 Å². The predicted octanol–water partition coefficient (Wildman–Crippen LogP) is 5.99. The zero-order chi connectivity index (χ0) is 14.8. The van der Waals surface area contributed by atoms with E-state index in [-0.39, 0.29) is 0 Å². The Hall–Kier alpha value is -0.395. The maximum Gasteiger partial charge on any atom is 0.254 e. The fourth-order valence-corrected chi connectivity index (χ4v) is 3.31. The Labute approximate surface area is 128 Å². The Bertz CT molecular complexity index is 265. The smallest absolute Gasteiger partial charge is 0.254 e. The molecule has 1 aliphatic rings. The highest BCUT2D eigenvalue weighted by molar-refractivity contribution is 6.56. The minimum absolute atomic E-state index is 0.767. The van der Waals surface area contributed by atoms with Gasteiger partial charge in [-0.05, 0) is 37.3 Å². The van der Waals surface area contributed by atoms with Crippen molar-refractivity contribution >= 4 is 6.85 Å². The van der Waals surface area contributed by atoms with Gasteiger partial charge in [0.25, 0.3) is 6.85 Å². The Morgan fingerprint density at radius 2 is 1.75 bits per heavy atom. The van der Waals surface area contributed by atoms with Gasteiger partial charge in [0, 0.05) is 6.54 Å². The van der Waals surface area contributed by atoms with Crippen molar-refractivity contribution in [3.8, 4) is 0 Å². The van der Waals surface area contributed by atoms with Crippen LogP contribution >= 0.6 is 0 Å². The van der Waals surface area contributed by atoms with E-state index in [1.807, 2.05) is 0 Å². The van der Waals surface area contributed by atoms with Crippen molar-refractivity contribution < 1.29 is 0 Å². The second kappa shape index (κ2) is 10.3. The minimum Gasteiger partial charge on any atom is -0.418 e. The van der Waals surface area contributed by atoms with Crippen LogP contribution in [0.15, 0.2) is 11.8 Å². The van der Waals surface area contributed by atoms with Crippen molar-refractivity contribution in [2.75, 3.05) is 6.54 Å². The average Bonchev–Trinajstić information content (AvgIpc) is 2.46. The quantitative estimate of drug-likeness (QED) is 0.443. The lowest BCUT2D eigenvalue weighted by Gasteiger charge is -2.37. The highest BCUT2D eigenvalue weighted by Gasteiger charge is 2.25. The molecule has 0 saturated heterocycles. The van der Waals surface area contributed by atoms with Gasteiger partial charge in [-0.15, -0.1) is 0 Å². The third kappa shape index (κ3) is 6.37. The lowest BCUT2D eigenvalue weighted by molar-refractivity contribution is 0.410. The van der Waals surface area contributed by atoms with Crippen LogP contribution in [0, 0.1) is 5.92 Å². The van der Waals surface area contributed by atoms with Crippen LogP contribution in [0.2, 0.25) is 12.6 Å². The molecule has 0 aromatic rings. The molecule has 1 aliphatic carbocycles. The largest absolute Gasteiger partial charge is 0.418 e. The standard InChI is InChI=1S/C18H36BN/c1-5-7-14-19(15-8-6-2)20(16-17(3)4)18-12-10-9-11-13-18/h12,17H,5-11,13-16H2,1-4H3. The summed E-state index contributed by atoms with van der Waals surface area (Å²) in [6.45, 7) is 11.4. The maximum atomic E-state index is 2.80. The average molecular weight is 277 g/mol. The molecule has 0 aromatic heterocycles. The van der Waals surface area contributed by atoms with Gasteiger partial charge < -0.3 is 4.81 Å². The van der Waals surface area contributed by atoms with Crippen LogP contribution in [0.4, 0.5) is 0 Å². The Morgan fingerprint density at radius 3 is 2.20 bits per heavy atom. The van der Waals surface area contributed by atoms with Crippen molar-refractivity contribution in [1.29, 1.82) is 0 Å². The van der Waals surface area contributed by atoms with Crippen molar-refractivity contribution in [2.45, 2.75) is 91.7 Å². The summed E-state index contributed by atoms with van der Waals surface area (Å²) in [5.74, 6) is 0.767. The minimum atomic E-state index is 0.767. The molecule has 0 amide bonds. The van der Waals surface area contributed by atoms with Crippen LogP contribution in [-0.4, -0.2) is 18.2 Å². The first-order valence-corrected chi connectivity index (χ1v) is 9.14. The summed E-state index contributed by atoms with van der Waals surface area (Å²) >= 11 is 0. The van der Waals surface area contributed by atoms with Crippen LogP contribution in [0.3, 0.4) is 0 Å². The van der Waals surface area contributed by atoms with Crippen molar-refractivity contribution in [3.63, 3.8) is 0 Å². The molecule has 1 rings (SSSR count). The highest BCUT2D eigenvalue weighted by Crippen LogP contribution is 2.26. The first-order valence-electron chi connectivity index (χ1n) is 9.14. The number of hydrogen-bond donors (Lipinski definition) is 0. The second-order valence-electron chi connectivity index (χ2n) is 6.93. The van der Waals surface area contributed by atoms with Crippen molar-refractivity contribution in [1.82, 2.24) is 4.81 Å². The summed E-state index contributed by atoms with van der Waals surface area (Å²) in [5, 5.41) is 0. The van der Waals surface area contributed by atoms with E-state index in [1.54, 1.807) is 5.70 Å². The van der Waals surface area contributed by atoms with Gasteiger partial charge in [-0.1, -0.05) is 72.1 Å². The van der Waals surface area contributed by atoms with Crippen LogP contribution in [0.5, 0.6) is 0 Å². The summed E-state index contributed by atoms with van der Waals surface area (Å²) in [7, 11) is 0.